The van der Waals surface area contributed by atoms with E-state index in [0.29, 0.717) is 24.2 Å². The predicted molar refractivity (Wildman–Crippen MR) is 63.7 cm³/mol. The molecule has 0 fully saturated rings. The number of fused-ring (bicyclic) bond motifs is 1. The van der Waals surface area contributed by atoms with Crippen LogP contribution in [0.1, 0.15) is 30.0 Å². The Balaban J connectivity index is 2.62. The van der Waals surface area contributed by atoms with Gasteiger partial charge < -0.3 is 14.3 Å². The Kier molecular flexibility index (Phi) is 3.04. The average molecular weight is 234 g/mol. The molecule has 0 spiro atoms. The summed E-state index contributed by atoms with van der Waals surface area (Å²) in [6.07, 6.45) is 0.615. The predicted octanol–water partition coefficient (Wildman–Crippen LogP) is 3.09. The summed E-state index contributed by atoms with van der Waals surface area (Å²) in [5.74, 6) is -0.278. The lowest BCUT2D eigenvalue weighted by molar-refractivity contribution is 0.0663. The van der Waals surface area contributed by atoms with Gasteiger partial charge in [0.25, 0.3) is 0 Å². The smallest absolute Gasteiger partial charge is 0.372 e. The van der Waals surface area contributed by atoms with Crippen molar-refractivity contribution in [3.8, 4) is 5.75 Å². The number of benzene rings is 1. The first-order valence-electron chi connectivity index (χ1n) is 5.58. The third kappa shape index (κ3) is 1.98. The maximum Gasteiger partial charge on any atom is 0.372 e. The van der Waals surface area contributed by atoms with Gasteiger partial charge in [0.2, 0.25) is 5.76 Å². The van der Waals surface area contributed by atoms with Gasteiger partial charge >= 0.3 is 5.97 Å². The first-order chi connectivity index (χ1) is 8.17. The SMILES string of the molecule is CCOc1ccc2oc(C(=O)O)c(CC)c2c1. The van der Waals surface area contributed by atoms with Gasteiger partial charge in [-0.05, 0) is 31.5 Å². The van der Waals surface area contributed by atoms with Gasteiger partial charge in [0.05, 0.1) is 6.61 Å². The summed E-state index contributed by atoms with van der Waals surface area (Å²) in [7, 11) is 0. The second-order valence-electron chi connectivity index (χ2n) is 3.66. The van der Waals surface area contributed by atoms with E-state index in [2.05, 4.69) is 0 Å². The van der Waals surface area contributed by atoms with Crippen LogP contribution in [0.3, 0.4) is 0 Å². The van der Waals surface area contributed by atoms with Crippen LogP contribution in [0.5, 0.6) is 5.75 Å². The minimum atomic E-state index is -1.03. The van der Waals surface area contributed by atoms with Crippen molar-refractivity contribution >= 4 is 16.9 Å². The molecule has 4 heteroatoms. The molecule has 90 valence electrons. The van der Waals surface area contributed by atoms with Crippen molar-refractivity contribution < 1.29 is 19.1 Å². The molecule has 0 aliphatic rings. The molecule has 0 atom stereocenters. The number of carbonyl (C=O) groups is 1. The van der Waals surface area contributed by atoms with E-state index in [0.717, 1.165) is 11.1 Å². The Morgan fingerprint density at radius 3 is 2.76 bits per heavy atom. The van der Waals surface area contributed by atoms with Crippen molar-refractivity contribution in [2.75, 3.05) is 6.61 Å². The van der Waals surface area contributed by atoms with Gasteiger partial charge in [-0.25, -0.2) is 4.79 Å². The Morgan fingerprint density at radius 2 is 2.18 bits per heavy atom. The fourth-order valence-electron chi connectivity index (χ4n) is 1.91. The Bertz CT molecular complexity index is 554. The summed E-state index contributed by atoms with van der Waals surface area (Å²) in [4.78, 5) is 11.0. The fraction of sp³-hybridized carbons (Fsp3) is 0.308. The molecule has 2 aromatic rings. The van der Waals surface area contributed by atoms with E-state index >= 15 is 0 Å². The van der Waals surface area contributed by atoms with Crippen LogP contribution >= 0.6 is 0 Å². The first kappa shape index (κ1) is 11.5. The third-order valence-electron chi connectivity index (χ3n) is 2.62. The van der Waals surface area contributed by atoms with Gasteiger partial charge in [0, 0.05) is 10.9 Å². The Morgan fingerprint density at radius 1 is 1.41 bits per heavy atom. The lowest BCUT2D eigenvalue weighted by Crippen LogP contribution is -1.97. The van der Waals surface area contributed by atoms with Crippen LogP contribution in [-0.4, -0.2) is 17.7 Å². The van der Waals surface area contributed by atoms with Crippen LogP contribution in [0.4, 0.5) is 0 Å². The number of carboxylic acids is 1. The highest BCUT2D eigenvalue weighted by Gasteiger charge is 2.18. The molecule has 17 heavy (non-hydrogen) atoms. The van der Waals surface area contributed by atoms with Crippen molar-refractivity contribution in [3.05, 3.63) is 29.5 Å². The zero-order valence-electron chi connectivity index (χ0n) is 9.82. The van der Waals surface area contributed by atoms with Crippen LogP contribution in [0, 0.1) is 0 Å². The summed E-state index contributed by atoms with van der Waals surface area (Å²) >= 11 is 0. The van der Waals surface area contributed by atoms with Crippen molar-refractivity contribution in [1.29, 1.82) is 0 Å². The van der Waals surface area contributed by atoms with E-state index in [1.807, 2.05) is 19.9 Å². The maximum atomic E-state index is 11.0. The van der Waals surface area contributed by atoms with Crippen LogP contribution in [-0.2, 0) is 6.42 Å². The molecule has 0 radical (unpaired) electrons. The quantitative estimate of drug-likeness (QED) is 0.883. The number of hydrogen-bond acceptors (Lipinski definition) is 3. The summed E-state index contributed by atoms with van der Waals surface area (Å²) in [6.45, 7) is 4.39. The summed E-state index contributed by atoms with van der Waals surface area (Å²) in [5, 5.41) is 9.86. The number of ether oxygens (including phenoxy) is 1. The average Bonchev–Trinajstić information content (AvgIpc) is 2.67. The van der Waals surface area contributed by atoms with Crippen molar-refractivity contribution in [3.63, 3.8) is 0 Å². The normalized spacial score (nSPS) is 10.7. The van der Waals surface area contributed by atoms with Gasteiger partial charge in [-0.3, -0.25) is 0 Å². The molecule has 0 aliphatic heterocycles. The highest BCUT2D eigenvalue weighted by molar-refractivity contribution is 5.95. The molecular weight excluding hydrogens is 220 g/mol. The van der Waals surface area contributed by atoms with E-state index in [9.17, 15) is 4.79 Å². The van der Waals surface area contributed by atoms with Crippen LogP contribution < -0.4 is 4.74 Å². The molecule has 0 saturated carbocycles. The number of aryl methyl sites for hydroxylation is 1. The Labute approximate surface area is 98.8 Å². The topological polar surface area (TPSA) is 59.7 Å². The second-order valence-corrected chi connectivity index (χ2v) is 3.66. The summed E-state index contributed by atoms with van der Waals surface area (Å²) < 4.78 is 10.7. The molecule has 0 amide bonds. The molecular formula is C13H14O4. The molecule has 4 nitrogen and oxygen atoms in total. The van der Waals surface area contributed by atoms with Crippen LogP contribution in [0.25, 0.3) is 11.0 Å². The third-order valence-corrected chi connectivity index (χ3v) is 2.62. The number of aromatic carboxylic acids is 1. The zero-order chi connectivity index (χ0) is 12.4. The van der Waals surface area contributed by atoms with E-state index in [4.69, 9.17) is 14.3 Å². The minimum Gasteiger partial charge on any atom is -0.494 e. The number of furan rings is 1. The molecule has 0 aliphatic carbocycles. The fourth-order valence-corrected chi connectivity index (χ4v) is 1.91. The minimum absolute atomic E-state index is 0.0242. The largest absolute Gasteiger partial charge is 0.494 e. The van der Waals surface area contributed by atoms with E-state index in [1.165, 1.54) is 0 Å². The summed E-state index contributed by atoms with van der Waals surface area (Å²) in [5.41, 5.74) is 1.30. The summed E-state index contributed by atoms with van der Waals surface area (Å²) in [6, 6.07) is 5.35. The zero-order valence-corrected chi connectivity index (χ0v) is 9.82. The van der Waals surface area contributed by atoms with Crippen molar-refractivity contribution in [2.24, 2.45) is 0 Å². The Hall–Kier alpha value is -1.97. The van der Waals surface area contributed by atoms with Crippen molar-refractivity contribution in [2.45, 2.75) is 20.3 Å². The molecule has 0 bridgehead atoms. The van der Waals surface area contributed by atoms with E-state index in [1.54, 1.807) is 12.1 Å². The highest BCUT2D eigenvalue weighted by Crippen LogP contribution is 2.29. The second kappa shape index (κ2) is 4.49. The highest BCUT2D eigenvalue weighted by atomic mass is 16.5. The number of rotatable bonds is 4. The molecule has 1 heterocycles. The van der Waals surface area contributed by atoms with E-state index < -0.39 is 5.97 Å². The van der Waals surface area contributed by atoms with Gasteiger partial charge in [-0.15, -0.1) is 0 Å². The molecule has 1 aromatic carbocycles. The lowest BCUT2D eigenvalue weighted by Gasteiger charge is -2.02. The number of carboxylic acid groups (broad SMARTS) is 1. The molecule has 0 saturated heterocycles. The lowest BCUT2D eigenvalue weighted by atomic mass is 10.1. The molecule has 1 aromatic heterocycles. The van der Waals surface area contributed by atoms with Gasteiger partial charge in [-0.2, -0.15) is 0 Å². The standard InChI is InChI=1S/C13H14O4/c1-3-9-10-7-8(16-4-2)5-6-11(10)17-12(9)13(14)15/h5-7H,3-4H2,1-2H3,(H,14,15). The van der Waals surface area contributed by atoms with E-state index in [-0.39, 0.29) is 5.76 Å². The molecule has 0 unspecified atom stereocenters. The monoisotopic (exact) mass is 234 g/mol. The van der Waals surface area contributed by atoms with Gasteiger partial charge in [0.1, 0.15) is 11.3 Å². The van der Waals surface area contributed by atoms with Gasteiger partial charge in [-0.1, -0.05) is 6.92 Å². The van der Waals surface area contributed by atoms with Crippen molar-refractivity contribution in [1.82, 2.24) is 0 Å². The first-order valence-corrected chi connectivity index (χ1v) is 5.58. The maximum absolute atomic E-state index is 11.0. The van der Waals surface area contributed by atoms with Gasteiger partial charge in [0.15, 0.2) is 0 Å². The molecule has 2 rings (SSSR count). The molecule has 1 N–H and O–H groups in total. The number of hydrogen-bond donors (Lipinski definition) is 1. The van der Waals surface area contributed by atoms with Crippen LogP contribution in [0.15, 0.2) is 22.6 Å². The van der Waals surface area contributed by atoms with Crippen LogP contribution in [0.2, 0.25) is 0 Å².